The third-order valence-corrected chi connectivity index (χ3v) is 2.07. The zero-order chi connectivity index (χ0) is 12.1. The first kappa shape index (κ1) is 12.3. The lowest BCUT2D eigenvalue weighted by Crippen LogP contribution is -2.38. The molecule has 5 heteroatoms. The summed E-state index contributed by atoms with van der Waals surface area (Å²) in [4.78, 5) is 24.0. The Morgan fingerprint density at radius 2 is 1.88 bits per heavy atom. The van der Waals surface area contributed by atoms with E-state index in [1.165, 1.54) is 31.2 Å². The number of nitrogens with two attached hydrogens (primary N) is 1. The van der Waals surface area contributed by atoms with E-state index in [0.717, 1.165) is 4.90 Å². The van der Waals surface area contributed by atoms with Crippen molar-refractivity contribution in [1.82, 2.24) is 4.90 Å². The third-order valence-electron chi connectivity index (χ3n) is 2.07. The highest BCUT2D eigenvalue weighted by Crippen LogP contribution is 2.06. The SMILES string of the molecule is CC(=O)N(CCN)C(=O)c1ccc(F)cc1. The van der Waals surface area contributed by atoms with Gasteiger partial charge in [0.2, 0.25) is 5.91 Å². The van der Waals surface area contributed by atoms with Gasteiger partial charge in [-0.25, -0.2) is 4.39 Å². The van der Waals surface area contributed by atoms with Crippen LogP contribution in [0.1, 0.15) is 17.3 Å². The van der Waals surface area contributed by atoms with Crippen molar-refractivity contribution >= 4 is 11.8 Å². The molecule has 2 N–H and O–H groups in total. The molecule has 1 aromatic rings. The largest absolute Gasteiger partial charge is 0.329 e. The molecule has 4 nitrogen and oxygen atoms in total. The van der Waals surface area contributed by atoms with Crippen LogP contribution in [-0.2, 0) is 4.79 Å². The van der Waals surface area contributed by atoms with Gasteiger partial charge in [0.1, 0.15) is 5.82 Å². The molecule has 0 radical (unpaired) electrons. The van der Waals surface area contributed by atoms with Gasteiger partial charge < -0.3 is 5.73 Å². The van der Waals surface area contributed by atoms with Gasteiger partial charge >= 0.3 is 0 Å². The molecule has 0 bridgehead atoms. The minimum absolute atomic E-state index is 0.158. The Hall–Kier alpha value is -1.75. The van der Waals surface area contributed by atoms with E-state index in [2.05, 4.69) is 0 Å². The van der Waals surface area contributed by atoms with Crippen molar-refractivity contribution in [3.05, 3.63) is 35.6 Å². The van der Waals surface area contributed by atoms with E-state index in [9.17, 15) is 14.0 Å². The van der Waals surface area contributed by atoms with E-state index in [0.29, 0.717) is 0 Å². The molecule has 0 aliphatic rings. The molecule has 1 rings (SSSR count). The first-order chi connectivity index (χ1) is 7.56. The van der Waals surface area contributed by atoms with Crippen LogP contribution in [0.15, 0.2) is 24.3 Å². The summed E-state index contributed by atoms with van der Waals surface area (Å²) in [6, 6.07) is 5.02. The number of benzene rings is 1. The van der Waals surface area contributed by atoms with Crippen LogP contribution < -0.4 is 5.73 Å². The summed E-state index contributed by atoms with van der Waals surface area (Å²) in [7, 11) is 0. The molecule has 1 aromatic carbocycles. The molecule has 0 aliphatic heterocycles. The monoisotopic (exact) mass is 224 g/mol. The van der Waals surface area contributed by atoms with E-state index in [1.807, 2.05) is 0 Å². The van der Waals surface area contributed by atoms with Crippen LogP contribution >= 0.6 is 0 Å². The number of hydrogen-bond donors (Lipinski definition) is 1. The topological polar surface area (TPSA) is 63.4 Å². The molecule has 0 spiro atoms. The second-order valence-corrected chi connectivity index (χ2v) is 3.27. The van der Waals surface area contributed by atoms with Crippen molar-refractivity contribution in [3.8, 4) is 0 Å². The predicted octanol–water partition coefficient (Wildman–Crippen LogP) is 0.773. The molecular formula is C11H13FN2O2. The molecule has 0 saturated heterocycles. The Morgan fingerprint density at radius 1 is 1.31 bits per heavy atom. The molecule has 0 fully saturated rings. The molecule has 0 heterocycles. The van der Waals surface area contributed by atoms with Crippen molar-refractivity contribution in [2.75, 3.05) is 13.1 Å². The van der Waals surface area contributed by atoms with Crippen LogP contribution in [-0.4, -0.2) is 29.8 Å². The van der Waals surface area contributed by atoms with Gasteiger partial charge in [-0.3, -0.25) is 14.5 Å². The van der Waals surface area contributed by atoms with Gasteiger partial charge in [0, 0.05) is 25.6 Å². The Morgan fingerprint density at radius 3 is 2.31 bits per heavy atom. The third kappa shape index (κ3) is 2.87. The number of imide groups is 1. The van der Waals surface area contributed by atoms with Crippen molar-refractivity contribution < 1.29 is 14.0 Å². The van der Waals surface area contributed by atoms with Crippen molar-refractivity contribution in [3.63, 3.8) is 0 Å². The standard InChI is InChI=1S/C11H13FN2O2/c1-8(15)14(7-6-13)11(16)9-2-4-10(12)5-3-9/h2-5H,6-7,13H2,1H3. The Balaban J connectivity index is 2.90. The lowest BCUT2D eigenvalue weighted by atomic mass is 10.2. The maximum absolute atomic E-state index is 12.6. The smallest absolute Gasteiger partial charge is 0.260 e. The first-order valence-corrected chi connectivity index (χ1v) is 4.84. The summed E-state index contributed by atoms with van der Waals surface area (Å²) in [6.07, 6.45) is 0. The Kier molecular flexibility index (Phi) is 4.13. The highest BCUT2D eigenvalue weighted by Gasteiger charge is 2.18. The number of halogens is 1. The van der Waals surface area contributed by atoms with Gasteiger partial charge in [0.05, 0.1) is 0 Å². The number of nitrogens with zero attached hydrogens (tertiary/aromatic N) is 1. The van der Waals surface area contributed by atoms with E-state index >= 15 is 0 Å². The maximum Gasteiger partial charge on any atom is 0.260 e. The normalized spacial score (nSPS) is 9.94. The highest BCUT2D eigenvalue weighted by molar-refractivity contribution is 6.04. The van der Waals surface area contributed by atoms with Crippen LogP contribution in [0.2, 0.25) is 0 Å². The summed E-state index contributed by atoms with van der Waals surface area (Å²) in [5, 5.41) is 0. The van der Waals surface area contributed by atoms with Crippen molar-refractivity contribution in [2.24, 2.45) is 5.73 Å². The van der Waals surface area contributed by atoms with Crippen LogP contribution in [0.25, 0.3) is 0 Å². The van der Waals surface area contributed by atoms with Gasteiger partial charge in [0.15, 0.2) is 0 Å². The number of amides is 2. The highest BCUT2D eigenvalue weighted by atomic mass is 19.1. The van der Waals surface area contributed by atoms with E-state index in [4.69, 9.17) is 5.73 Å². The van der Waals surface area contributed by atoms with Gasteiger partial charge in [-0.1, -0.05) is 0 Å². The van der Waals surface area contributed by atoms with Crippen LogP contribution in [0.4, 0.5) is 4.39 Å². The van der Waals surface area contributed by atoms with Gasteiger partial charge in [-0.15, -0.1) is 0 Å². The number of carbonyl (C=O) groups excluding carboxylic acids is 2. The van der Waals surface area contributed by atoms with Crippen molar-refractivity contribution in [2.45, 2.75) is 6.92 Å². The molecule has 0 atom stereocenters. The number of carbonyl (C=O) groups is 2. The molecule has 0 saturated carbocycles. The zero-order valence-corrected chi connectivity index (χ0v) is 8.94. The molecule has 0 unspecified atom stereocenters. The number of hydrogen-bond acceptors (Lipinski definition) is 3. The summed E-state index contributed by atoms with van der Waals surface area (Å²) >= 11 is 0. The van der Waals surface area contributed by atoms with Gasteiger partial charge in [-0.05, 0) is 24.3 Å². The summed E-state index contributed by atoms with van der Waals surface area (Å²) in [5.41, 5.74) is 5.57. The quantitative estimate of drug-likeness (QED) is 0.825. The maximum atomic E-state index is 12.6. The molecule has 86 valence electrons. The molecule has 0 aromatic heterocycles. The average Bonchev–Trinajstić information content (AvgIpc) is 2.25. The summed E-state index contributed by atoms with van der Waals surface area (Å²) < 4.78 is 12.6. The van der Waals surface area contributed by atoms with Gasteiger partial charge in [0.25, 0.3) is 5.91 Å². The molecule has 0 aliphatic carbocycles. The van der Waals surface area contributed by atoms with Crippen LogP contribution in [0, 0.1) is 5.82 Å². The Labute approximate surface area is 92.8 Å². The van der Waals surface area contributed by atoms with Crippen LogP contribution in [0.3, 0.4) is 0 Å². The van der Waals surface area contributed by atoms with E-state index in [-0.39, 0.29) is 24.6 Å². The minimum Gasteiger partial charge on any atom is -0.329 e. The molecule has 16 heavy (non-hydrogen) atoms. The van der Waals surface area contributed by atoms with Crippen molar-refractivity contribution in [1.29, 1.82) is 0 Å². The van der Waals surface area contributed by atoms with E-state index in [1.54, 1.807) is 0 Å². The lowest BCUT2D eigenvalue weighted by Gasteiger charge is -2.17. The molecular weight excluding hydrogens is 211 g/mol. The predicted molar refractivity (Wildman–Crippen MR) is 57.2 cm³/mol. The van der Waals surface area contributed by atoms with E-state index < -0.39 is 11.7 Å². The fourth-order valence-electron chi connectivity index (χ4n) is 1.28. The average molecular weight is 224 g/mol. The fraction of sp³-hybridized carbons (Fsp3) is 0.273. The minimum atomic E-state index is -0.460. The summed E-state index contributed by atoms with van der Waals surface area (Å²) in [6.45, 7) is 1.65. The fourth-order valence-corrected chi connectivity index (χ4v) is 1.28. The Bertz CT molecular complexity index is 389. The second-order valence-electron chi connectivity index (χ2n) is 3.27. The first-order valence-electron chi connectivity index (χ1n) is 4.84. The number of rotatable bonds is 3. The lowest BCUT2D eigenvalue weighted by molar-refractivity contribution is -0.126. The summed E-state index contributed by atoms with van der Waals surface area (Å²) in [5.74, 6) is -1.26. The van der Waals surface area contributed by atoms with Gasteiger partial charge in [-0.2, -0.15) is 0 Å². The second kappa shape index (κ2) is 5.37. The zero-order valence-electron chi connectivity index (χ0n) is 8.94. The molecule has 2 amide bonds. The van der Waals surface area contributed by atoms with Crippen LogP contribution in [0.5, 0.6) is 0 Å².